The highest BCUT2D eigenvalue weighted by Crippen LogP contribution is 2.46. The summed E-state index contributed by atoms with van der Waals surface area (Å²) >= 11 is 1.52. The molecule has 0 saturated heterocycles. The number of H-pyrrole nitrogens is 1. The molecule has 9 nitrogen and oxygen atoms in total. The average Bonchev–Trinajstić information content (AvgIpc) is 3.41. The number of thioether (sulfide) groups is 1. The molecular formula is C27H28N4O5S. The number of benzene rings is 2. The molecule has 0 fully saturated rings. The molecule has 0 radical (unpaired) electrons. The van der Waals surface area contributed by atoms with E-state index in [0.717, 1.165) is 27.7 Å². The molecule has 1 aromatic heterocycles. The van der Waals surface area contributed by atoms with Gasteiger partial charge >= 0.3 is 5.97 Å². The topological polar surface area (TPSA) is 132 Å². The molecular weight excluding hydrogens is 492 g/mol. The molecule has 0 aliphatic carbocycles. The number of fused-ring (bicyclic) bond motifs is 7. The highest BCUT2D eigenvalue weighted by molar-refractivity contribution is 7.98. The number of hydrogen-bond donors (Lipinski definition) is 4. The molecule has 5 rings (SSSR count). The van der Waals surface area contributed by atoms with Crippen LogP contribution in [0.2, 0.25) is 0 Å². The van der Waals surface area contributed by atoms with Gasteiger partial charge in [0.25, 0.3) is 5.91 Å². The van der Waals surface area contributed by atoms with Crippen LogP contribution < -0.4 is 10.6 Å². The van der Waals surface area contributed by atoms with Gasteiger partial charge in [-0.15, -0.1) is 0 Å². The lowest BCUT2D eigenvalue weighted by molar-refractivity contribution is -0.141. The van der Waals surface area contributed by atoms with Crippen LogP contribution in [0.25, 0.3) is 10.9 Å². The van der Waals surface area contributed by atoms with Crippen molar-refractivity contribution in [3.63, 3.8) is 0 Å². The van der Waals surface area contributed by atoms with E-state index in [4.69, 9.17) is 0 Å². The van der Waals surface area contributed by atoms with Crippen LogP contribution in [0.15, 0.2) is 48.5 Å². The second-order valence-electron chi connectivity index (χ2n) is 9.40. The van der Waals surface area contributed by atoms with Crippen molar-refractivity contribution in [2.45, 2.75) is 43.9 Å². The number of carbonyl (C=O) groups is 4. The molecule has 10 heteroatoms. The van der Waals surface area contributed by atoms with Gasteiger partial charge in [0, 0.05) is 28.6 Å². The van der Waals surface area contributed by atoms with Gasteiger partial charge in [0.15, 0.2) is 0 Å². The molecule has 4 N–H and O–H groups in total. The maximum absolute atomic E-state index is 13.8. The van der Waals surface area contributed by atoms with Crippen molar-refractivity contribution in [2.24, 2.45) is 0 Å². The van der Waals surface area contributed by atoms with E-state index in [2.05, 4.69) is 15.6 Å². The maximum Gasteiger partial charge on any atom is 0.325 e. The fraction of sp³-hybridized carbons (Fsp3) is 0.333. The summed E-state index contributed by atoms with van der Waals surface area (Å²) in [4.78, 5) is 56.6. The molecule has 3 amide bonds. The third kappa shape index (κ3) is 4.35. The quantitative estimate of drug-likeness (QED) is 0.361. The van der Waals surface area contributed by atoms with E-state index in [9.17, 15) is 24.3 Å². The van der Waals surface area contributed by atoms with Crippen molar-refractivity contribution in [3.8, 4) is 0 Å². The fourth-order valence-corrected chi connectivity index (χ4v) is 5.76. The fourth-order valence-electron chi connectivity index (χ4n) is 5.29. The summed E-state index contributed by atoms with van der Waals surface area (Å²) < 4.78 is 0. The predicted molar refractivity (Wildman–Crippen MR) is 140 cm³/mol. The number of nitrogens with zero attached hydrogens (tertiary/aromatic N) is 1. The lowest BCUT2D eigenvalue weighted by Crippen LogP contribution is -2.57. The monoisotopic (exact) mass is 520 g/mol. The second kappa shape index (κ2) is 9.93. The van der Waals surface area contributed by atoms with Crippen LogP contribution in [0.1, 0.15) is 46.6 Å². The van der Waals surface area contributed by atoms with Crippen LogP contribution in [0, 0.1) is 0 Å². The number of aromatic amines is 1. The normalized spacial score (nSPS) is 19.5. The number of carboxylic acid groups (broad SMARTS) is 1. The zero-order chi connectivity index (χ0) is 26.3. The summed E-state index contributed by atoms with van der Waals surface area (Å²) in [6.45, 7) is 1.37. The Morgan fingerprint density at radius 3 is 2.62 bits per heavy atom. The van der Waals surface area contributed by atoms with Crippen LogP contribution in [0.5, 0.6) is 0 Å². The van der Waals surface area contributed by atoms with Crippen molar-refractivity contribution < 1.29 is 24.3 Å². The molecule has 2 aromatic carbocycles. The van der Waals surface area contributed by atoms with E-state index in [1.807, 2.05) is 48.7 Å². The van der Waals surface area contributed by atoms with Crippen LogP contribution >= 0.6 is 11.8 Å². The van der Waals surface area contributed by atoms with Gasteiger partial charge in [-0.2, -0.15) is 11.8 Å². The Morgan fingerprint density at radius 2 is 1.86 bits per heavy atom. The van der Waals surface area contributed by atoms with E-state index in [0.29, 0.717) is 24.2 Å². The van der Waals surface area contributed by atoms with Crippen LogP contribution in [0.3, 0.4) is 0 Å². The summed E-state index contributed by atoms with van der Waals surface area (Å²) in [7, 11) is 0. The minimum atomic E-state index is -1.16. The first-order valence-electron chi connectivity index (χ1n) is 12.1. The molecule has 2 aliphatic heterocycles. The molecule has 0 saturated carbocycles. The van der Waals surface area contributed by atoms with Crippen LogP contribution in [-0.4, -0.2) is 68.8 Å². The summed E-state index contributed by atoms with van der Waals surface area (Å²) in [6, 6.07) is 11.9. The van der Waals surface area contributed by atoms with Crippen molar-refractivity contribution in [1.29, 1.82) is 0 Å². The summed E-state index contributed by atoms with van der Waals surface area (Å²) in [5.41, 5.74) is 4.21. The van der Waals surface area contributed by atoms with Gasteiger partial charge in [-0.3, -0.25) is 19.2 Å². The van der Waals surface area contributed by atoms with E-state index >= 15 is 0 Å². The highest BCUT2D eigenvalue weighted by atomic mass is 32.2. The minimum Gasteiger partial charge on any atom is -0.480 e. The lowest BCUT2D eigenvalue weighted by atomic mass is 9.89. The number of rotatable bonds is 8. The van der Waals surface area contributed by atoms with Crippen molar-refractivity contribution in [3.05, 3.63) is 70.9 Å². The SMILES string of the molecule is CSCC[C@H](NC(=O)[C@@H]1Cc2c([nH]c3ccccc23)[C@@H]2c3ccccc3C(=O)N21)C(=O)N[C@@H](C)C(=O)O. The van der Waals surface area contributed by atoms with Gasteiger partial charge in [-0.05, 0) is 48.6 Å². The van der Waals surface area contributed by atoms with E-state index in [1.54, 1.807) is 11.0 Å². The summed E-state index contributed by atoms with van der Waals surface area (Å²) in [6.07, 6.45) is 2.51. The standard InChI is InChI=1S/C27H28N4O5S/c1-14(27(35)36)28-24(32)20(11-12-37-2)30-25(33)21-13-18-15-7-5-6-10-19(15)29-22(18)23-16-8-3-4-9-17(16)26(34)31(21)23/h3-10,14,20-21,23,29H,11-13H2,1-2H3,(H,28,32)(H,30,33)(H,35,36)/t14-,20-,21-,23-/m0/s1. The Bertz CT molecular complexity index is 1400. The van der Waals surface area contributed by atoms with Gasteiger partial charge in [0.05, 0.1) is 6.04 Å². The number of amides is 3. The molecule has 37 heavy (non-hydrogen) atoms. The maximum atomic E-state index is 13.8. The Balaban J connectivity index is 1.50. The number of aromatic nitrogens is 1. The largest absolute Gasteiger partial charge is 0.480 e. The summed E-state index contributed by atoms with van der Waals surface area (Å²) in [5.74, 6) is -1.80. The van der Waals surface area contributed by atoms with Gasteiger partial charge in [-0.25, -0.2) is 0 Å². The van der Waals surface area contributed by atoms with Crippen molar-refractivity contribution >= 4 is 46.4 Å². The van der Waals surface area contributed by atoms with Crippen LogP contribution in [-0.2, 0) is 20.8 Å². The molecule has 4 atom stereocenters. The van der Waals surface area contributed by atoms with Gasteiger partial charge in [-0.1, -0.05) is 36.4 Å². The minimum absolute atomic E-state index is 0.227. The molecule has 0 spiro atoms. The molecule has 3 heterocycles. The zero-order valence-corrected chi connectivity index (χ0v) is 21.3. The predicted octanol–water partition coefficient (Wildman–Crippen LogP) is 2.46. The number of hydrogen-bond acceptors (Lipinski definition) is 5. The highest BCUT2D eigenvalue weighted by Gasteiger charge is 2.49. The van der Waals surface area contributed by atoms with Gasteiger partial charge in [0.1, 0.15) is 18.1 Å². The third-order valence-corrected chi connectivity index (χ3v) is 7.77. The van der Waals surface area contributed by atoms with E-state index < -0.39 is 42.0 Å². The Kier molecular flexibility index (Phi) is 6.68. The number of carbonyl (C=O) groups excluding carboxylic acids is 3. The first-order valence-corrected chi connectivity index (χ1v) is 13.5. The number of aliphatic carboxylic acids is 1. The zero-order valence-electron chi connectivity index (χ0n) is 20.5. The molecule has 3 aromatic rings. The Hall–Kier alpha value is -3.79. The number of carboxylic acids is 1. The Morgan fingerprint density at radius 1 is 1.14 bits per heavy atom. The first kappa shape index (κ1) is 24.9. The second-order valence-corrected chi connectivity index (χ2v) is 10.4. The molecule has 2 aliphatic rings. The first-order chi connectivity index (χ1) is 17.8. The molecule has 0 bridgehead atoms. The molecule has 192 valence electrons. The van der Waals surface area contributed by atoms with E-state index in [-0.39, 0.29) is 5.91 Å². The third-order valence-electron chi connectivity index (χ3n) is 7.13. The smallest absolute Gasteiger partial charge is 0.325 e. The number of nitrogens with one attached hydrogen (secondary N) is 3. The van der Waals surface area contributed by atoms with Crippen molar-refractivity contribution in [1.82, 2.24) is 20.5 Å². The summed E-state index contributed by atoms with van der Waals surface area (Å²) in [5, 5.41) is 15.5. The molecule has 0 unspecified atom stereocenters. The van der Waals surface area contributed by atoms with E-state index in [1.165, 1.54) is 18.7 Å². The average molecular weight is 521 g/mol. The number of para-hydroxylation sites is 1. The lowest BCUT2D eigenvalue weighted by Gasteiger charge is -2.37. The van der Waals surface area contributed by atoms with Gasteiger partial charge < -0.3 is 25.6 Å². The Labute approximate surface area is 218 Å². The van der Waals surface area contributed by atoms with Gasteiger partial charge in [0.2, 0.25) is 11.8 Å². The van der Waals surface area contributed by atoms with Crippen molar-refractivity contribution in [2.75, 3.05) is 12.0 Å². The van der Waals surface area contributed by atoms with Crippen LogP contribution in [0.4, 0.5) is 0 Å².